The third-order valence-corrected chi connectivity index (χ3v) is 2.02. The highest BCUT2D eigenvalue weighted by Gasteiger charge is 2.18. The van der Waals surface area contributed by atoms with E-state index in [1.807, 2.05) is 0 Å². The largest absolute Gasteiger partial charge is 0.444 e. The van der Waals surface area contributed by atoms with Crippen molar-refractivity contribution in [3.8, 4) is 0 Å². The summed E-state index contributed by atoms with van der Waals surface area (Å²) < 4.78 is 18.6. The minimum Gasteiger partial charge on any atom is -0.444 e. The van der Waals surface area contributed by atoms with Gasteiger partial charge in [0.2, 0.25) is 5.28 Å². The minimum absolute atomic E-state index is 0.0473. The van der Waals surface area contributed by atoms with Crippen LogP contribution in [0.15, 0.2) is 12.4 Å². The number of halogens is 2. The van der Waals surface area contributed by atoms with Crippen LogP contribution in [0.25, 0.3) is 0 Å². The van der Waals surface area contributed by atoms with Crippen molar-refractivity contribution in [3.05, 3.63) is 23.2 Å². The summed E-state index contributed by atoms with van der Waals surface area (Å²) in [6.45, 7) is 4.98. The van der Waals surface area contributed by atoms with Gasteiger partial charge < -0.3 is 10.1 Å². The fourth-order valence-electron chi connectivity index (χ4n) is 1.09. The van der Waals surface area contributed by atoms with E-state index in [4.69, 9.17) is 16.3 Å². The van der Waals surface area contributed by atoms with Crippen LogP contribution in [0.2, 0.25) is 5.28 Å². The van der Waals surface area contributed by atoms with E-state index < -0.39 is 17.9 Å². The molecule has 100 valence electrons. The summed E-state index contributed by atoms with van der Waals surface area (Å²) in [5, 5.41) is 2.37. The number of ether oxygens (including phenoxy) is 1. The average molecular weight is 276 g/mol. The topological polar surface area (TPSA) is 64.1 Å². The Balaban J connectivity index is 2.44. The zero-order valence-corrected chi connectivity index (χ0v) is 11.2. The van der Waals surface area contributed by atoms with Gasteiger partial charge in [-0.1, -0.05) is 0 Å². The third kappa shape index (κ3) is 5.27. The van der Waals surface area contributed by atoms with Crippen LogP contribution < -0.4 is 5.32 Å². The summed E-state index contributed by atoms with van der Waals surface area (Å²) in [5.41, 5.74) is -0.366. The number of amides is 1. The van der Waals surface area contributed by atoms with Gasteiger partial charge >= 0.3 is 6.09 Å². The molecule has 7 heteroatoms. The standard InChI is InChI=1S/C11H15ClFN3O2/c1-11(2,3)18-10(17)16-6-8(13)7-4-14-9(12)15-5-7/h4-5,8H,6H2,1-3H3,(H,16,17)/t8-/m0/s1. The molecule has 1 rings (SSSR count). The van der Waals surface area contributed by atoms with Gasteiger partial charge in [0.05, 0.1) is 6.54 Å². The zero-order chi connectivity index (χ0) is 13.8. The SMILES string of the molecule is CC(C)(C)OC(=O)NC[C@H](F)c1cnc(Cl)nc1. The Kier molecular flexibility index (Phi) is 4.84. The molecule has 0 saturated carbocycles. The number of aromatic nitrogens is 2. The second-order valence-corrected chi connectivity index (χ2v) is 4.97. The Bertz CT molecular complexity index is 406. The van der Waals surface area contributed by atoms with E-state index in [2.05, 4.69) is 15.3 Å². The van der Waals surface area contributed by atoms with E-state index in [1.165, 1.54) is 12.4 Å². The van der Waals surface area contributed by atoms with Gasteiger partial charge in [-0.2, -0.15) is 0 Å². The molecule has 1 aromatic heterocycles. The van der Waals surface area contributed by atoms with Crippen molar-refractivity contribution in [2.75, 3.05) is 6.54 Å². The van der Waals surface area contributed by atoms with Crippen molar-refractivity contribution in [2.45, 2.75) is 32.5 Å². The number of carbonyl (C=O) groups excluding carboxylic acids is 1. The Morgan fingerprint density at radius 1 is 1.50 bits per heavy atom. The first-order chi connectivity index (χ1) is 8.28. The molecule has 0 unspecified atom stereocenters. The first kappa shape index (κ1) is 14.6. The predicted molar refractivity (Wildman–Crippen MR) is 65.1 cm³/mol. The molecule has 0 saturated heterocycles. The molecule has 0 aliphatic heterocycles. The molecule has 0 bridgehead atoms. The molecule has 1 heterocycles. The molecule has 1 atom stereocenters. The first-order valence-electron chi connectivity index (χ1n) is 5.36. The number of nitrogens with zero attached hydrogens (tertiary/aromatic N) is 2. The van der Waals surface area contributed by atoms with Crippen molar-refractivity contribution in [3.63, 3.8) is 0 Å². The molecule has 1 N–H and O–H groups in total. The molecular formula is C11H15ClFN3O2. The van der Waals surface area contributed by atoms with Crippen LogP contribution in [-0.4, -0.2) is 28.2 Å². The van der Waals surface area contributed by atoms with E-state index in [0.717, 1.165) is 0 Å². The number of rotatable bonds is 3. The highest BCUT2D eigenvalue weighted by Crippen LogP contribution is 2.15. The quantitative estimate of drug-likeness (QED) is 0.862. The Morgan fingerprint density at radius 2 is 2.06 bits per heavy atom. The summed E-state index contributed by atoms with van der Waals surface area (Å²) in [5.74, 6) is 0. The molecule has 0 radical (unpaired) electrons. The van der Waals surface area contributed by atoms with Crippen LogP contribution in [-0.2, 0) is 4.74 Å². The highest BCUT2D eigenvalue weighted by molar-refractivity contribution is 6.28. The molecule has 5 nitrogen and oxygen atoms in total. The average Bonchev–Trinajstić information content (AvgIpc) is 2.24. The predicted octanol–water partition coefficient (Wildman–Crippen LogP) is 2.67. The summed E-state index contributed by atoms with van der Waals surface area (Å²) in [6.07, 6.45) is 0.475. The fourth-order valence-corrected chi connectivity index (χ4v) is 1.19. The maximum absolute atomic E-state index is 13.7. The Hall–Kier alpha value is -1.43. The molecular weight excluding hydrogens is 261 g/mol. The zero-order valence-electron chi connectivity index (χ0n) is 10.4. The maximum Gasteiger partial charge on any atom is 0.407 e. The number of carbonyl (C=O) groups is 1. The monoisotopic (exact) mass is 275 g/mol. The molecule has 0 aromatic carbocycles. The van der Waals surface area contributed by atoms with Crippen molar-refractivity contribution >= 4 is 17.7 Å². The lowest BCUT2D eigenvalue weighted by molar-refractivity contribution is 0.0513. The highest BCUT2D eigenvalue weighted by atomic mass is 35.5. The van der Waals surface area contributed by atoms with E-state index in [0.29, 0.717) is 0 Å². The summed E-state index contributed by atoms with van der Waals surface area (Å²) in [7, 11) is 0. The molecule has 0 aliphatic rings. The summed E-state index contributed by atoms with van der Waals surface area (Å²) in [6, 6.07) is 0. The number of alkyl carbamates (subject to hydrolysis) is 1. The van der Waals surface area contributed by atoms with Gasteiger partial charge in [-0.05, 0) is 32.4 Å². The summed E-state index contributed by atoms with van der Waals surface area (Å²) in [4.78, 5) is 18.6. The number of alkyl halides is 1. The van der Waals surface area contributed by atoms with E-state index in [1.54, 1.807) is 20.8 Å². The van der Waals surface area contributed by atoms with Gasteiger partial charge in [0.15, 0.2) is 0 Å². The minimum atomic E-state index is -1.41. The molecule has 0 spiro atoms. The second-order valence-electron chi connectivity index (χ2n) is 4.64. The van der Waals surface area contributed by atoms with Crippen molar-refractivity contribution in [1.29, 1.82) is 0 Å². The fraction of sp³-hybridized carbons (Fsp3) is 0.545. The Labute approximate surface area is 110 Å². The molecule has 1 amide bonds. The lowest BCUT2D eigenvalue weighted by Crippen LogP contribution is -2.34. The molecule has 1 aromatic rings. The maximum atomic E-state index is 13.7. The van der Waals surface area contributed by atoms with Crippen LogP contribution in [0.3, 0.4) is 0 Å². The second kappa shape index (κ2) is 5.95. The van der Waals surface area contributed by atoms with Gasteiger partial charge in [0.25, 0.3) is 0 Å². The van der Waals surface area contributed by atoms with Crippen molar-refractivity contribution in [1.82, 2.24) is 15.3 Å². The Morgan fingerprint density at radius 3 is 2.56 bits per heavy atom. The lowest BCUT2D eigenvalue weighted by atomic mass is 10.2. The molecule has 0 aliphatic carbocycles. The van der Waals surface area contributed by atoms with Crippen LogP contribution in [0.5, 0.6) is 0 Å². The summed E-state index contributed by atoms with van der Waals surface area (Å²) >= 11 is 5.48. The van der Waals surface area contributed by atoms with Gasteiger partial charge in [-0.25, -0.2) is 19.2 Å². The van der Waals surface area contributed by atoms with Crippen LogP contribution in [0, 0.1) is 0 Å². The van der Waals surface area contributed by atoms with Crippen LogP contribution in [0.4, 0.5) is 9.18 Å². The van der Waals surface area contributed by atoms with Crippen LogP contribution >= 0.6 is 11.6 Å². The molecule has 18 heavy (non-hydrogen) atoms. The van der Waals surface area contributed by atoms with Crippen molar-refractivity contribution in [2.24, 2.45) is 0 Å². The normalized spacial score (nSPS) is 12.9. The van der Waals surface area contributed by atoms with E-state index >= 15 is 0 Å². The molecule has 0 fully saturated rings. The number of hydrogen-bond acceptors (Lipinski definition) is 4. The van der Waals surface area contributed by atoms with Gasteiger partial charge in [-0.3, -0.25) is 0 Å². The van der Waals surface area contributed by atoms with E-state index in [9.17, 15) is 9.18 Å². The van der Waals surface area contributed by atoms with Gasteiger partial charge in [-0.15, -0.1) is 0 Å². The first-order valence-corrected chi connectivity index (χ1v) is 5.74. The third-order valence-electron chi connectivity index (χ3n) is 1.83. The van der Waals surface area contributed by atoms with E-state index in [-0.39, 0.29) is 17.4 Å². The number of nitrogens with one attached hydrogen (secondary N) is 1. The van der Waals surface area contributed by atoms with Crippen LogP contribution in [0.1, 0.15) is 32.5 Å². The lowest BCUT2D eigenvalue weighted by Gasteiger charge is -2.20. The number of hydrogen-bond donors (Lipinski definition) is 1. The van der Waals surface area contributed by atoms with Crippen molar-refractivity contribution < 1.29 is 13.9 Å². The smallest absolute Gasteiger partial charge is 0.407 e. The van der Waals surface area contributed by atoms with Gasteiger partial charge in [0.1, 0.15) is 11.8 Å². The van der Waals surface area contributed by atoms with Gasteiger partial charge in [0, 0.05) is 18.0 Å².